The van der Waals surface area contributed by atoms with Crippen molar-refractivity contribution in [2.45, 2.75) is 83.0 Å². The highest BCUT2D eigenvalue weighted by molar-refractivity contribution is 5.79. The standard InChI is InChI=1S/C24H32N2O/c27-22(15-18-7-4-5-8-18)13-12-20-17-26-24(21-11-6-14-25-16-21)23(20)19-9-2-1-3-10-19/h6,11,14,16-19,26H,1-5,7-10,12-13,15H2. The molecule has 3 nitrogen and oxygen atoms in total. The van der Waals surface area contributed by atoms with Gasteiger partial charge >= 0.3 is 0 Å². The fourth-order valence-electron chi connectivity index (χ4n) is 5.20. The molecule has 27 heavy (non-hydrogen) atoms. The Labute approximate surface area is 163 Å². The molecule has 0 aliphatic heterocycles. The molecule has 144 valence electrons. The van der Waals surface area contributed by atoms with Gasteiger partial charge in [0.25, 0.3) is 0 Å². The van der Waals surface area contributed by atoms with E-state index in [9.17, 15) is 4.79 Å². The smallest absolute Gasteiger partial charge is 0.133 e. The molecule has 0 saturated heterocycles. The maximum atomic E-state index is 12.5. The van der Waals surface area contributed by atoms with Crippen LogP contribution in [0.1, 0.15) is 87.7 Å². The Morgan fingerprint density at radius 2 is 1.85 bits per heavy atom. The molecule has 0 amide bonds. The number of ketones is 1. The quantitative estimate of drug-likeness (QED) is 0.635. The SMILES string of the molecule is O=C(CCc1c[nH]c(-c2cccnc2)c1C1CCCCC1)CC1CCCC1. The molecule has 0 radical (unpaired) electrons. The molecule has 4 rings (SSSR count). The summed E-state index contributed by atoms with van der Waals surface area (Å²) in [6, 6.07) is 4.14. The van der Waals surface area contributed by atoms with Crippen molar-refractivity contribution in [3.8, 4) is 11.3 Å². The van der Waals surface area contributed by atoms with E-state index in [1.807, 2.05) is 18.5 Å². The number of Topliss-reactive ketones (excluding diaryl/α,β-unsaturated/α-hetero) is 1. The van der Waals surface area contributed by atoms with Crippen LogP contribution in [0.25, 0.3) is 11.3 Å². The summed E-state index contributed by atoms with van der Waals surface area (Å²) in [7, 11) is 0. The van der Waals surface area contributed by atoms with Gasteiger partial charge in [-0.25, -0.2) is 0 Å². The minimum absolute atomic E-state index is 0.459. The van der Waals surface area contributed by atoms with E-state index in [-0.39, 0.29) is 0 Å². The Balaban J connectivity index is 1.51. The van der Waals surface area contributed by atoms with Crippen molar-refractivity contribution in [3.05, 3.63) is 41.9 Å². The van der Waals surface area contributed by atoms with Crippen molar-refractivity contribution >= 4 is 5.78 Å². The second kappa shape index (κ2) is 8.86. The lowest BCUT2D eigenvalue weighted by Crippen LogP contribution is -2.09. The molecule has 2 fully saturated rings. The Hall–Kier alpha value is -1.90. The zero-order valence-electron chi connectivity index (χ0n) is 16.4. The van der Waals surface area contributed by atoms with Crippen molar-refractivity contribution in [2.75, 3.05) is 0 Å². The van der Waals surface area contributed by atoms with Crippen LogP contribution >= 0.6 is 0 Å². The number of hydrogen-bond acceptors (Lipinski definition) is 2. The summed E-state index contributed by atoms with van der Waals surface area (Å²) in [6.45, 7) is 0. The molecule has 1 N–H and O–H groups in total. The minimum Gasteiger partial charge on any atom is -0.361 e. The van der Waals surface area contributed by atoms with Crippen LogP contribution in [0.2, 0.25) is 0 Å². The zero-order chi connectivity index (χ0) is 18.5. The summed E-state index contributed by atoms with van der Waals surface area (Å²) < 4.78 is 0. The normalized spacial score (nSPS) is 18.8. The summed E-state index contributed by atoms with van der Waals surface area (Å²) >= 11 is 0. The molecule has 0 unspecified atom stereocenters. The van der Waals surface area contributed by atoms with E-state index in [1.54, 1.807) is 0 Å². The number of nitrogens with zero attached hydrogens (tertiary/aromatic N) is 1. The fraction of sp³-hybridized carbons (Fsp3) is 0.583. The molecule has 2 aliphatic carbocycles. The third-order valence-electron chi connectivity index (χ3n) is 6.63. The first-order chi connectivity index (χ1) is 13.3. The first-order valence-electron chi connectivity index (χ1n) is 10.9. The number of aromatic amines is 1. The van der Waals surface area contributed by atoms with Crippen molar-refractivity contribution < 1.29 is 4.79 Å². The van der Waals surface area contributed by atoms with Gasteiger partial charge in [0.05, 0.1) is 5.69 Å². The van der Waals surface area contributed by atoms with Gasteiger partial charge in [-0.3, -0.25) is 9.78 Å². The van der Waals surface area contributed by atoms with Crippen LogP contribution in [0.3, 0.4) is 0 Å². The topological polar surface area (TPSA) is 45.8 Å². The van der Waals surface area contributed by atoms with Gasteiger partial charge in [-0.15, -0.1) is 0 Å². The second-order valence-electron chi connectivity index (χ2n) is 8.57. The minimum atomic E-state index is 0.459. The number of H-pyrrole nitrogens is 1. The van der Waals surface area contributed by atoms with Crippen LogP contribution in [0.4, 0.5) is 0 Å². The third-order valence-corrected chi connectivity index (χ3v) is 6.63. The number of rotatable bonds is 7. The van der Waals surface area contributed by atoms with E-state index in [1.165, 1.54) is 80.2 Å². The zero-order valence-corrected chi connectivity index (χ0v) is 16.4. The van der Waals surface area contributed by atoms with Crippen LogP contribution in [0.5, 0.6) is 0 Å². The lowest BCUT2D eigenvalue weighted by Gasteiger charge is -2.24. The van der Waals surface area contributed by atoms with Gasteiger partial charge < -0.3 is 4.98 Å². The first kappa shape index (κ1) is 18.5. The third kappa shape index (κ3) is 4.51. The molecule has 2 aromatic heterocycles. The highest BCUT2D eigenvalue weighted by Crippen LogP contribution is 2.40. The number of aryl methyl sites for hydroxylation is 1. The predicted octanol–water partition coefficient (Wildman–Crippen LogP) is 6.21. The van der Waals surface area contributed by atoms with E-state index in [4.69, 9.17) is 0 Å². The Morgan fingerprint density at radius 1 is 1.07 bits per heavy atom. The summed E-state index contributed by atoms with van der Waals surface area (Å²) in [5, 5.41) is 0. The van der Waals surface area contributed by atoms with Crippen LogP contribution in [0.15, 0.2) is 30.7 Å². The molecule has 2 heterocycles. The van der Waals surface area contributed by atoms with Crippen molar-refractivity contribution in [1.29, 1.82) is 0 Å². The molecule has 3 heteroatoms. The maximum Gasteiger partial charge on any atom is 0.133 e. The molecule has 2 aliphatic rings. The number of carbonyl (C=O) groups is 1. The lowest BCUT2D eigenvalue weighted by molar-refractivity contribution is -0.119. The average molecular weight is 365 g/mol. The van der Waals surface area contributed by atoms with Crippen LogP contribution in [0, 0.1) is 5.92 Å². The number of hydrogen-bond donors (Lipinski definition) is 1. The highest BCUT2D eigenvalue weighted by Gasteiger charge is 2.24. The molecular weight excluding hydrogens is 332 g/mol. The largest absolute Gasteiger partial charge is 0.361 e. The van der Waals surface area contributed by atoms with Gasteiger partial charge in [-0.1, -0.05) is 44.9 Å². The van der Waals surface area contributed by atoms with Crippen molar-refractivity contribution in [1.82, 2.24) is 9.97 Å². The van der Waals surface area contributed by atoms with Gasteiger partial charge in [-0.05, 0) is 54.4 Å². The maximum absolute atomic E-state index is 12.5. The van der Waals surface area contributed by atoms with Gasteiger partial charge in [0.15, 0.2) is 0 Å². The Kier molecular flexibility index (Phi) is 6.06. The Morgan fingerprint density at radius 3 is 2.59 bits per heavy atom. The van der Waals surface area contributed by atoms with Gasteiger partial charge in [-0.2, -0.15) is 0 Å². The van der Waals surface area contributed by atoms with E-state index in [0.29, 0.717) is 24.0 Å². The van der Waals surface area contributed by atoms with Gasteiger partial charge in [0.2, 0.25) is 0 Å². The summed E-state index contributed by atoms with van der Waals surface area (Å²) in [6.07, 6.45) is 20.0. The molecule has 2 aromatic rings. The lowest BCUT2D eigenvalue weighted by atomic mass is 9.81. The fourth-order valence-corrected chi connectivity index (χ4v) is 5.20. The number of pyridine rings is 1. The average Bonchev–Trinajstić information content (AvgIpc) is 3.37. The first-order valence-corrected chi connectivity index (χ1v) is 10.9. The summed E-state index contributed by atoms with van der Waals surface area (Å²) in [4.78, 5) is 20.4. The van der Waals surface area contributed by atoms with Crippen LogP contribution in [-0.2, 0) is 11.2 Å². The molecule has 0 bridgehead atoms. The Bertz CT molecular complexity index is 737. The van der Waals surface area contributed by atoms with Gasteiger partial charge in [0, 0.05) is 37.0 Å². The van der Waals surface area contributed by atoms with E-state index in [2.05, 4.69) is 22.2 Å². The number of aromatic nitrogens is 2. The molecule has 2 saturated carbocycles. The van der Waals surface area contributed by atoms with Crippen LogP contribution < -0.4 is 0 Å². The van der Waals surface area contributed by atoms with E-state index >= 15 is 0 Å². The van der Waals surface area contributed by atoms with E-state index < -0.39 is 0 Å². The van der Waals surface area contributed by atoms with E-state index in [0.717, 1.165) is 12.8 Å². The molecule has 0 spiro atoms. The molecule has 0 atom stereocenters. The molecular formula is C24H32N2O. The predicted molar refractivity (Wildman–Crippen MR) is 110 cm³/mol. The second-order valence-corrected chi connectivity index (χ2v) is 8.57. The highest BCUT2D eigenvalue weighted by atomic mass is 16.1. The summed E-state index contributed by atoms with van der Waals surface area (Å²) in [5.74, 6) is 1.74. The molecule has 0 aromatic carbocycles. The number of nitrogens with one attached hydrogen (secondary N) is 1. The van der Waals surface area contributed by atoms with Gasteiger partial charge in [0.1, 0.15) is 5.78 Å². The number of carbonyl (C=O) groups excluding carboxylic acids is 1. The monoisotopic (exact) mass is 364 g/mol. The van der Waals surface area contributed by atoms with Crippen LogP contribution in [-0.4, -0.2) is 15.8 Å². The summed E-state index contributed by atoms with van der Waals surface area (Å²) in [5.41, 5.74) is 5.23. The van der Waals surface area contributed by atoms with Crippen molar-refractivity contribution in [3.63, 3.8) is 0 Å². The van der Waals surface area contributed by atoms with Crippen molar-refractivity contribution in [2.24, 2.45) is 5.92 Å².